The van der Waals surface area contributed by atoms with Crippen LogP contribution in [0.15, 0.2) is 47.3 Å². The molecule has 0 saturated carbocycles. The Hall–Kier alpha value is -4.13. The van der Waals surface area contributed by atoms with Crippen LogP contribution in [0.2, 0.25) is 0 Å². The summed E-state index contributed by atoms with van der Waals surface area (Å²) < 4.78 is 21.9. The monoisotopic (exact) mass is 572 g/mol. The highest BCUT2D eigenvalue weighted by Crippen LogP contribution is 2.31. The molecule has 218 valence electrons. The standard InChI is InChI=1S/C30H33FN8O3/c1-35-8-10-37(11-9-35)22-5-2-20(3-6-22)28-29-25(32-33-28)16-26(40)39(34-29)30-23-18-38(17-21(23)4-7-24(30)31)27(41)19-36-12-14-42-15-13-36/h2-7,16,32H,8-15,17-19H2,1H3. The first-order valence-electron chi connectivity index (χ1n) is 14.4. The first-order chi connectivity index (χ1) is 20.4. The SMILES string of the molecule is CN1CCN(c2ccc(-c3n[nH]c4cc(=O)n(-c5c(F)ccc6c5CN(C(=O)CN5CCOCC5)C6)nc34)cc2)CC1. The van der Waals surface area contributed by atoms with Gasteiger partial charge in [-0.1, -0.05) is 18.2 Å². The van der Waals surface area contributed by atoms with Gasteiger partial charge in [0.05, 0.1) is 25.3 Å². The number of nitrogens with zero attached hydrogens (tertiary/aromatic N) is 7. The van der Waals surface area contributed by atoms with E-state index in [1.54, 1.807) is 11.0 Å². The third kappa shape index (κ3) is 4.95. The van der Waals surface area contributed by atoms with E-state index in [9.17, 15) is 9.59 Å². The average Bonchev–Trinajstić information content (AvgIpc) is 3.62. The quantitative estimate of drug-likeness (QED) is 0.387. The number of anilines is 1. The number of carbonyl (C=O) groups is 1. The van der Waals surface area contributed by atoms with Gasteiger partial charge in [-0.15, -0.1) is 0 Å². The average molecular weight is 573 g/mol. The van der Waals surface area contributed by atoms with Crippen LogP contribution in [-0.2, 0) is 22.6 Å². The van der Waals surface area contributed by atoms with Crippen molar-refractivity contribution < 1.29 is 13.9 Å². The van der Waals surface area contributed by atoms with E-state index in [0.29, 0.717) is 55.1 Å². The Morgan fingerprint density at radius 2 is 1.76 bits per heavy atom. The van der Waals surface area contributed by atoms with Crippen LogP contribution in [0.5, 0.6) is 0 Å². The maximum atomic E-state index is 15.5. The number of rotatable bonds is 5. The van der Waals surface area contributed by atoms with Crippen LogP contribution in [0.25, 0.3) is 28.0 Å². The molecule has 11 nitrogen and oxygen atoms in total. The Morgan fingerprint density at radius 1 is 1.00 bits per heavy atom. The molecule has 4 aromatic rings. The van der Waals surface area contributed by atoms with Gasteiger partial charge in [-0.25, -0.2) is 4.39 Å². The topological polar surface area (TPSA) is 103 Å². The van der Waals surface area contributed by atoms with Gasteiger partial charge in [0.2, 0.25) is 5.91 Å². The second-order valence-corrected chi connectivity index (χ2v) is 11.2. The highest BCUT2D eigenvalue weighted by Gasteiger charge is 2.30. The van der Waals surface area contributed by atoms with Gasteiger partial charge < -0.3 is 19.4 Å². The van der Waals surface area contributed by atoms with Crippen molar-refractivity contribution in [1.82, 2.24) is 34.7 Å². The summed E-state index contributed by atoms with van der Waals surface area (Å²) in [5.41, 5.74) is 4.53. The van der Waals surface area contributed by atoms with Crippen LogP contribution in [0.1, 0.15) is 11.1 Å². The van der Waals surface area contributed by atoms with E-state index < -0.39 is 11.4 Å². The number of piperazine rings is 1. The van der Waals surface area contributed by atoms with Gasteiger partial charge >= 0.3 is 0 Å². The molecule has 2 aromatic heterocycles. The van der Waals surface area contributed by atoms with Crippen molar-refractivity contribution in [2.45, 2.75) is 13.1 Å². The van der Waals surface area contributed by atoms with Crippen molar-refractivity contribution in [3.63, 3.8) is 0 Å². The van der Waals surface area contributed by atoms with E-state index in [4.69, 9.17) is 4.74 Å². The lowest BCUT2D eigenvalue weighted by atomic mass is 10.1. The van der Waals surface area contributed by atoms with Gasteiger partial charge in [-0.2, -0.15) is 14.9 Å². The Morgan fingerprint density at radius 3 is 2.52 bits per heavy atom. The molecule has 5 heterocycles. The third-order valence-corrected chi connectivity index (χ3v) is 8.52. The number of aromatic nitrogens is 4. The molecule has 42 heavy (non-hydrogen) atoms. The Bertz CT molecular complexity index is 1690. The number of fused-ring (bicyclic) bond motifs is 2. The normalized spacial score (nSPS) is 18.1. The smallest absolute Gasteiger partial charge is 0.273 e. The van der Waals surface area contributed by atoms with Gasteiger partial charge in [0.15, 0.2) is 0 Å². The molecule has 1 N–H and O–H groups in total. The molecule has 3 aliphatic heterocycles. The minimum atomic E-state index is -0.563. The highest BCUT2D eigenvalue weighted by molar-refractivity contribution is 5.89. The van der Waals surface area contributed by atoms with Crippen LogP contribution in [-0.4, -0.2) is 107 Å². The fourth-order valence-electron chi connectivity index (χ4n) is 6.02. The molecule has 2 fully saturated rings. The molecule has 1 amide bonds. The van der Waals surface area contributed by atoms with E-state index in [0.717, 1.165) is 47.7 Å². The largest absolute Gasteiger partial charge is 0.379 e. The maximum Gasteiger partial charge on any atom is 0.273 e. The molecule has 0 bridgehead atoms. The second kappa shape index (κ2) is 10.9. The van der Waals surface area contributed by atoms with Crippen molar-refractivity contribution in [2.75, 3.05) is 71.0 Å². The molecular formula is C30H33FN8O3. The number of amides is 1. The van der Waals surface area contributed by atoms with Gasteiger partial charge in [0.25, 0.3) is 5.56 Å². The van der Waals surface area contributed by atoms with Gasteiger partial charge in [0.1, 0.15) is 22.7 Å². The van der Waals surface area contributed by atoms with E-state index in [-0.39, 0.29) is 24.7 Å². The first-order valence-corrected chi connectivity index (χ1v) is 14.4. The number of H-pyrrole nitrogens is 1. The molecule has 0 aliphatic carbocycles. The van der Waals surface area contributed by atoms with E-state index in [2.05, 4.69) is 49.2 Å². The number of ether oxygens (including phenoxy) is 1. The van der Waals surface area contributed by atoms with Crippen molar-refractivity contribution in [3.8, 4) is 16.9 Å². The lowest BCUT2D eigenvalue weighted by molar-refractivity contribution is -0.134. The number of hydrogen-bond donors (Lipinski definition) is 1. The molecule has 7 rings (SSSR count). The number of halogens is 1. The third-order valence-electron chi connectivity index (χ3n) is 8.52. The molecule has 0 spiro atoms. The fourth-order valence-corrected chi connectivity index (χ4v) is 6.02. The zero-order valence-corrected chi connectivity index (χ0v) is 23.6. The summed E-state index contributed by atoms with van der Waals surface area (Å²) in [6.07, 6.45) is 0. The molecule has 0 unspecified atom stereocenters. The Kier molecular flexibility index (Phi) is 6.96. The van der Waals surface area contributed by atoms with Crippen molar-refractivity contribution in [3.05, 3.63) is 69.8 Å². The van der Waals surface area contributed by atoms with Crippen LogP contribution < -0.4 is 10.5 Å². The second-order valence-electron chi connectivity index (χ2n) is 11.2. The zero-order chi connectivity index (χ0) is 28.8. The minimum Gasteiger partial charge on any atom is -0.379 e. The number of likely N-dealkylation sites (N-methyl/N-ethyl adjacent to an activating group) is 1. The Labute approximate surface area is 242 Å². The number of aromatic amines is 1. The van der Waals surface area contributed by atoms with Crippen LogP contribution in [0, 0.1) is 5.82 Å². The van der Waals surface area contributed by atoms with Gasteiger partial charge in [-0.05, 0) is 30.8 Å². The molecule has 12 heteroatoms. The summed E-state index contributed by atoms with van der Waals surface area (Å²) in [6.45, 7) is 7.46. The maximum absolute atomic E-state index is 15.5. The first kappa shape index (κ1) is 26.7. The van der Waals surface area contributed by atoms with E-state index in [1.807, 2.05) is 12.1 Å². The Balaban J connectivity index is 1.19. The van der Waals surface area contributed by atoms with E-state index in [1.165, 1.54) is 12.1 Å². The predicted molar refractivity (Wildman–Crippen MR) is 156 cm³/mol. The number of carbonyl (C=O) groups excluding carboxylic acids is 1. The molecule has 0 atom stereocenters. The van der Waals surface area contributed by atoms with Gasteiger partial charge in [0, 0.05) is 75.2 Å². The van der Waals surface area contributed by atoms with Gasteiger partial charge in [-0.3, -0.25) is 19.6 Å². The molecular weight excluding hydrogens is 539 g/mol. The molecule has 3 aliphatic rings. The number of morpholine rings is 1. The number of hydrogen-bond acceptors (Lipinski definition) is 8. The summed E-state index contributed by atoms with van der Waals surface area (Å²) in [6, 6.07) is 12.6. The molecule has 2 aromatic carbocycles. The van der Waals surface area contributed by atoms with Crippen LogP contribution in [0.3, 0.4) is 0 Å². The summed E-state index contributed by atoms with van der Waals surface area (Å²) in [5, 5.41) is 12.0. The summed E-state index contributed by atoms with van der Waals surface area (Å²) in [5.74, 6) is -0.598. The molecule has 2 saturated heterocycles. The highest BCUT2D eigenvalue weighted by atomic mass is 19.1. The number of nitrogens with one attached hydrogen (secondary N) is 1. The summed E-state index contributed by atoms with van der Waals surface area (Å²) in [4.78, 5) is 34.8. The number of benzene rings is 2. The lowest BCUT2D eigenvalue weighted by Crippen LogP contribution is -2.44. The van der Waals surface area contributed by atoms with Crippen molar-refractivity contribution in [1.29, 1.82) is 0 Å². The lowest BCUT2D eigenvalue weighted by Gasteiger charge is -2.34. The molecule has 0 radical (unpaired) electrons. The van der Waals surface area contributed by atoms with E-state index >= 15 is 4.39 Å². The van der Waals surface area contributed by atoms with Crippen molar-refractivity contribution >= 4 is 22.6 Å². The summed E-state index contributed by atoms with van der Waals surface area (Å²) in [7, 11) is 2.13. The zero-order valence-electron chi connectivity index (χ0n) is 23.6. The van der Waals surface area contributed by atoms with Crippen LogP contribution >= 0.6 is 0 Å². The fraction of sp³-hybridized carbons (Fsp3) is 0.400. The predicted octanol–water partition coefficient (Wildman–Crippen LogP) is 1.84. The van der Waals surface area contributed by atoms with Crippen LogP contribution in [0.4, 0.5) is 10.1 Å². The van der Waals surface area contributed by atoms with Crippen molar-refractivity contribution in [2.24, 2.45) is 0 Å². The minimum absolute atomic E-state index is 0.0349. The summed E-state index contributed by atoms with van der Waals surface area (Å²) >= 11 is 0.